The maximum Gasteiger partial charge on any atom is 0.282 e. The Labute approximate surface area is 123 Å². The first-order valence-corrected chi connectivity index (χ1v) is 7.14. The summed E-state index contributed by atoms with van der Waals surface area (Å²) in [5.41, 5.74) is -0.243. The topological polar surface area (TPSA) is 72.2 Å². The zero-order valence-electron chi connectivity index (χ0n) is 9.94. The van der Waals surface area contributed by atoms with Crippen molar-refractivity contribution in [1.29, 1.82) is 0 Å². The molecule has 1 saturated carbocycles. The molecule has 1 atom stereocenters. The van der Waals surface area contributed by atoms with E-state index in [4.69, 9.17) is 11.6 Å². The standard InChI is InChI=1S/C12H12BrClN2O3/c13-10(7-1-2-7)6-15-12(17)9-5-8(14)3-4-11(9)16(18)19/h3-5,7,10H,1-2,6H2,(H,15,17). The second-order valence-corrected chi connectivity index (χ2v) is 6.09. The summed E-state index contributed by atoms with van der Waals surface area (Å²) >= 11 is 9.27. The van der Waals surface area contributed by atoms with Gasteiger partial charge in [-0.1, -0.05) is 27.5 Å². The second-order valence-electron chi connectivity index (χ2n) is 4.48. The number of nitrogens with one attached hydrogen (secondary N) is 1. The van der Waals surface area contributed by atoms with E-state index in [1.54, 1.807) is 0 Å². The summed E-state index contributed by atoms with van der Waals surface area (Å²) in [6.07, 6.45) is 2.31. The van der Waals surface area contributed by atoms with Crippen LogP contribution in [0.15, 0.2) is 18.2 Å². The Bertz CT molecular complexity index is 520. The highest BCUT2D eigenvalue weighted by molar-refractivity contribution is 9.09. The minimum absolute atomic E-state index is 0.00648. The van der Waals surface area contributed by atoms with Gasteiger partial charge in [-0.05, 0) is 30.9 Å². The number of nitrogens with zero attached hydrogens (tertiary/aromatic N) is 1. The average Bonchev–Trinajstić information content (AvgIpc) is 3.19. The third-order valence-corrected chi connectivity index (χ3v) is 4.30. The van der Waals surface area contributed by atoms with Crippen LogP contribution in [-0.4, -0.2) is 22.2 Å². The minimum Gasteiger partial charge on any atom is -0.351 e. The van der Waals surface area contributed by atoms with Crippen LogP contribution in [-0.2, 0) is 0 Å². The van der Waals surface area contributed by atoms with Crippen molar-refractivity contribution in [3.63, 3.8) is 0 Å². The van der Waals surface area contributed by atoms with Crippen molar-refractivity contribution in [2.75, 3.05) is 6.54 Å². The highest BCUT2D eigenvalue weighted by atomic mass is 79.9. The smallest absolute Gasteiger partial charge is 0.282 e. The first-order chi connectivity index (χ1) is 8.99. The lowest BCUT2D eigenvalue weighted by atomic mass is 10.1. The Hall–Kier alpha value is -1.14. The number of rotatable bonds is 5. The molecule has 1 amide bonds. The third kappa shape index (κ3) is 3.67. The van der Waals surface area contributed by atoms with Gasteiger partial charge in [0.15, 0.2) is 0 Å². The summed E-state index contributed by atoms with van der Waals surface area (Å²) in [6.45, 7) is 0.452. The molecule has 1 aromatic carbocycles. The maximum atomic E-state index is 12.0. The Morgan fingerprint density at radius 1 is 1.58 bits per heavy atom. The zero-order chi connectivity index (χ0) is 14.0. The Kier molecular flexibility index (Phi) is 4.42. The van der Waals surface area contributed by atoms with Gasteiger partial charge in [-0.25, -0.2) is 0 Å². The Morgan fingerprint density at radius 2 is 2.26 bits per heavy atom. The molecule has 1 unspecified atom stereocenters. The summed E-state index contributed by atoms with van der Waals surface area (Å²) in [6, 6.07) is 3.95. The van der Waals surface area contributed by atoms with E-state index in [-0.39, 0.29) is 16.1 Å². The van der Waals surface area contributed by atoms with Crippen LogP contribution in [0.4, 0.5) is 5.69 Å². The third-order valence-electron chi connectivity index (χ3n) is 2.99. The lowest BCUT2D eigenvalue weighted by Gasteiger charge is -2.10. The minimum atomic E-state index is -0.586. The van der Waals surface area contributed by atoms with Gasteiger partial charge in [-0.15, -0.1) is 0 Å². The van der Waals surface area contributed by atoms with Crippen LogP contribution in [0.1, 0.15) is 23.2 Å². The Balaban J connectivity index is 2.08. The van der Waals surface area contributed by atoms with Crippen molar-refractivity contribution in [1.82, 2.24) is 5.32 Å². The number of hydrogen-bond acceptors (Lipinski definition) is 3. The number of carbonyl (C=O) groups excluding carboxylic acids is 1. The van der Waals surface area contributed by atoms with Gasteiger partial charge in [0.2, 0.25) is 0 Å². The molecule has 0 spiro atoms. The predicted molar refractivity (Wildman–Crippen MR) is 75.9 cm³/mol. The van der Waals surface area contributed by atoms with Gasteiger partial charge in [-0.3, -0.25) is 14.9 Å². The molecule has 0 radical (unpaired) electrons. The molecule has 1 N–H and O–H groups in total. The first-order valence-electron chi connectivity index (χ1n) is 5.85. The largest absolute Gasteiger partial charge is 0.351 e. The molecular weight excluding hydrogens is 336 g/mol. The lowest BCUT2D eigenvalue weighted by molar-refractivity contribution is -0.385. The fourth-order valence-corrected chi connectivity index (χ4v) is 2.62. The number of benzene rings is 1. The summed E-state index contributed by atoms with van der Waals surface area (Å²) in [7, 11) is 0. The van der Waals surface area contributed by atoms with Crippen LogP contribution < -0.4 is 5.32 Å². The Morgan fingerprint density at radius 3 is 2.84 bits per heavy atom. The van der Waals surface area contributed by atoms with E-state index in [0.717, 1.165) is 12.8 Å². The fourth-order valence-electron chi connectivity index (χ4n) is 1.76. The second kappa shape index (κ2) is 5.88. The molecule has 0 bridgehead atoms. The normalized spacial score (nSPS) is 15.9. The van der Waals surface area contributed by atoms with Crippen LogP contribution >= 0.6 is 27.5 Å². The number of carbonyl (C=O) groups is 1. The molecule has 102 valence electrons. The summed E-state index contributed by atoms with van der Waals surface area (Å²) < 4.78 is 0. The van der Waals surface area contributed by atoms with Crippen molar-refractivity contribution in [2.24, 2.45) is 5.92 Å². The molecule has 0 heterocycles. The SMILES string of the molecule is O=C(NCC(Br)C1CC1)c1cc(Cl)ccc1[N+](=O)[O-]. The van der Waals surface area contributed by atoms with Crippen LogP contribution in [0.5, 0.6) is 0 Å². The number of nitro groups is 1. The number of hydrogen-bond donors (Lipinski definition) is 1. The predicted octanol–water partition coefficient (Wildman–Crippen LogP) is 3.15. The van der Waals surface area contributed by atoms with Gasteiger partial charge in [0.1, 0.15) is 5.56 Å². The molecule has 5 nitrogen and oxygen atoms in total. The van der Waals surface area contributed by atoms with Gasteiger partial charge >= 0.3 is 0 Å². The molecule has 0 aromatic heterocycles. The molecule has 1 fully saturated rings. The van der Waals surface area contributed by atoms with Crippen molar-refractivity contribution in [3.8, 4) is 0 Å². The molecule has 0 aliphatic heterocycles. The molecular formula is C12H12BrClN2O3. The maximum absolute atomic E-state index is 12.0. The highest BCUT2D eigenvalue weighted by Gasteiger charge is 2.30. The van der Waals surface area contributed by atoms with E-state index in [1.807, 2.05) is 0 Å². The molecule has 19 heavy (non-hydrogen) atoms. The quantitative estimate of drug-likeness (QED) is 0.505. The lowest BCUT2D eigenvalue weighted by Crippen LogP contribution is -2.30. The van der Waals surface area contributed by atoms with Crippen LogP contribution in [0.2, 0.25) is 5.02 Å². The fraction of sp³-hybridized carbons (Fsp3) is 0.417. The molecule has 1 aliphatic rings. The summed E-state index contributed by atoms with van der Waals surface area (Å²) in [5, 5.41) is 13.9. The van der Waals surface area contributed by atoms with Crippen LogP contribution in [0.25, 0.3) is 0 Å². The van der Waals surface area contributed by atoms with Crippen molar-refractivity contribution >= 4 is 39.1 Å². The molecule has 2 rings (SSSR count). The van der Waals surface area contributed by atoms with Gasteiger partial charge in [0.05, 0.1) is 4.92 Å². The van der Waals surface area contributed by atoms with E-state index in [0.29, 0.717) is 17.5 Å². The van der Waals surface area contributed by atoms with Crippen molar-refractivity contribution in [2.45, 2.75) is 17.7 Å². The van der Waals surface area contributed by atoms with E-state index >= 15 is 0 Å². The number of nitro benzene ring substituents is 1. The monoisotopic (exact) mass is 346 g/mol. The first kappa shape index (κ1) is 14.3. The number of halogens is 2. The molecule has 0 saturated heterocycles. The van der Waals surface area contributed by atoms with Gasteiger partial charge in [0.25, 0.3) is 11.6 Å². The zero-order valence-corrected chi connectivity index (χ0v) is 12.3. The average molecular weight is 348 g/mol. The van der Waals surface area contributed by atoms with Gasteiger partial charge in [0, 0.05) is 22.5 Å². The molecule has 7 heteroatoms. The van der Waals surface area contributed by atoms with E-state index < -0.39 is 10.8 Å². The van der Waals surface area contributed by atoms with Gasteiger partial charge < -0.3 is 5.32 Å². The molecule has 1 aliphatic carbocycles. The molecule has 1 aromatic rings. The van der Waals surface area contributed by atoms with E-state index in [1.165, 1.54) is 18.2 Å². The summed E-state index contributed by atoms with van der Waals surface area (Å²) in [4.78, 5) is 22.5. The van der Waals surface area contributed by atoms with E-state index in [2.05, 4.69) is 21.2 Å². The number of alkyl halides is 1. The van der Waals surface area contributed by atoms with Crippen molar-refractivity contribution in [3.05, 3.63) is 38.9 Å². The van der Waals surface area contributed by atoms with Crippen LogP contribution in [0, 0.1) is 16.0 Å². The van der Waals surface area contributed by atoms with Crippen LogP contribution in [0.3, 0.4) is 0 Å². The van der Waals surface area contributed by atoms with Crippen molar-refractivity contribution < 1.29 is 9.72 Å². The number of amides is 1. The highest BCUT2D eigenvalue weighted by Crippen LogP contribution is 2.36. The van der Waals surface area contributed by atoms with Gasteiger partial charge in [-0.2, -0.15) is 0 Å². The summed E-state index contributed by atoms with van der Waals surface area (Å²) in [5.74, 6) is 0.119. The van der Waals surface area contributed by atoms with E-state index in [9.17, 15) is 14.9 Å².